The average molecular weight is 274 g/mol. The van der Waals surface area contributed by atoms with Crippen molar-refractivity contribution < 1.29 is 4.74 Å². The number of piperazine rings is 1. The van der Waals surface area contributed by atoms with E-state index >= 15 is 0 Å². The van der Waals surface area contributed by atoms with E-state index in [1.54, 1.807) is 0 Å². The molecular formula is C17H26N2O. The van der Waals surface area contributed by atoms with Gasteiger partial charge < -0.3 is 15.0 Å². The van der Waals surface area contributed by atoms with Gasteiger partial charge in [0.15, 0.2) is 0 Å². The average Bonchev–Trinajstić information content (AvgIpc) is 2.94. The molecule has 1 aliphatic carbocycles. The molecule has 20 heavy (non-hydrogen) atoms. The molecule has 1 unspecified atom stereocenters. The first-order chi connectivity index (χ1) is 9.81. The zero-order chi connectivity index (χ0) is 13.8. The van der Waals surface area contributed by atoms with Gasteiger partial charge in [0.05, 0.1) is 6.10 Å². The van der Waals surface area contributed by atoms with E-state index < -0.39 is 0 Å². The van der Waals surface area contributed by atoms with E-state index in [4.69, 9.17) is 4.74 Å². The molecule has 2 aliphatic rings. The molecule has 1 aromatic rings. The first kappa shape index (κ1) is 13.9. The predicted molar refractivity (Wildman–Crippen MR) is 82.5 cm³/mol. The lowest BCUT2D eigenvalue weighted by atomic mass is 10.1. The summed E-state index contributed by atoms with van der Waals surface area (Å²) in [6.07, 6.45) is 5.17. The smallest absolute Gasteiger partial charge is 0.119 e. The molecule has 0 radical (unpaired) electrons. The molecule has 0 aromatic heterocycles. The van der Waals surface area contributed by atoms with Gasteiger partial charge in [0.25, 0.3) is 0 Å². The third-order valence-electron chi connectivity index (χ3n) is 4.47. The van der Waals surface area contributed by atoms with E-state index in [9.17, 15) is 0 Å². The fourth-order valence-electron chi connectivity index (χ4n) is 3.21. The van der Waals surface area contributed by atoms with Crippen LogP contribution in [0.3, 0.4) is 0 Å². The first-order valence-electron chi connectivity index (χ1n) is 8.03. The molecule has 3 nitrogen and oxygen atoms in total. The summed E-state index contributed by atoms with van der Waals surface area (Å²) in [5, 5.41) is 3.39. The van der Waals surface area contributed by atoms with Gasteiger partial charge in [-0.3, -0.25) is 0 Å². The monoisotopic (exact) mass is 274 g/mol. The first-order valence-corrected chi connectivity index (χ1v) is 8.03. The number of rotatable bonds is 5. The van der Waals surface area contributed by atoms with Gasteiger partial charge in [-0.25, -0.2) is 0 Å². The van der Waals surface area contributed by atoms with Crippen LogP contribution in [0.1, 0.15) is 30.9 Å². The summed E-state index contributed by atoms with van der Waals surface area (Å²) in [4.78, 5) is 2.53. The van der Waals surface area contributed by atoms with Gasteiger partial charge >= 0.3 is 0 Å². The standard InChI is InChI=1S/C17H26N2O/c1-14(7-10-19-11-8-18-9-12-19)20-17-6-5-15-3-2-4-16(15)13-17/h5-6,13-14,18H,2-4,7-12H2,1H3. The number of nitrogens with one attached hydrogen (secondary N) is 1. The normalized spacial score (nSPS) is 20.6. The number of fused-ring (bicyclic) bond motifs is 1. The minimum atomic E-state index is 0.296. The second-order valence-electron chi connectivity index (χ2n) is 6.09. The van der Waals surface area contributed by atoms with Gasteiger partial charge in [0.1, 0.15) is 5.75 Å². The summed E-state index contributed by atoms with van der Waals surface area (Å²) < 4.78 is 6.09. The molecule has 0 bridgehead atoms. The molecule has 1 aromatic carbocycles. The van der Waals surface area contributed by atoms with Crippen LogP contribution < -0.4 is 10.1 Å². The molecule has 1 heterocycles. The second-order valence-corrected chi connectivity index (χ2v) is 6.09. The lowest BCUT2D eigenvalue weighted by Gasteiger charge is -2.28. The zero-order valence-electron chi connectivity index (χ0n) is 12.5. The largest absolute Gasteiger partial charge is 0.491 e. The van der Waals surface area contributed by atoms with Crippen LogP contribution in [-0.4, -0.2) is 43.7 Å². The zero-order valence-corrected chi connectivity index (χ0v) is 12.5. The molecule has 3 heteroatoms. The van der Waals surface area contributed by atoms with Gasteiger partial charge in [-0.05, 0) is 55.9 Å². The maximum Gasteiger partial charge on any atom is 0.119 e. The van der Waals surface area contributed by atoms with Crippen molar-refractivity contribution >= 4 is 0 Å². The summed E-state index contributed by atoms with van der Waals surface area (Å²) in [6, 6.07) is 6.65. The predicted octanol–water partition coefficient (Wildman–Crippen LogP) is 2.24. The Morgan fingerprint density at radius 3 is 2.85 bits per heavy atom. The molecule has 1 N–H and O–H groups in total. The van der Waals surface area contributed by atoms with Crippen LogP contribution in [0.4, 0.5) is 0 Å². The van der Waals surface area contributed by atoms with E-state index in [1.807, 2.05) is 0 Å². The topological polar surface area (TPSA) is 24.5 Å². The van der Waals surface area contributed by atoms with Crippen molar-refractivity contribution in [3.63, 3.8) is 0 Å². The van der Waals surface area contributed by atoms with Crippen LogP contribution in [0.15, 0.2) is 18.2 Å². The van der Waals surface area contributed by atoms with Crippen LogP contribution in [0.5, 0.6) is 5.75 Å². The molecule has 1 fully saturated rings. The molecule has 3 rings (SSSR count). The third kappa shape index (κ3) is 3.53. The highest BCUT2D eigenvalue weighted by molar-refractivity contribution is 5.38. The summed E-state index contributed by atoms with van der Waals surface area (Å²) in [5.74, 6) is 1.05. The van der Waals surface area contributed by atoms with Crippen molar-refractivity contribution in [2.45, 2.75) is 38.7 Å². The van der Waals surface area contributed by atoms with Gasteiger partial charge in [0.2, 0.25) is 0 Å². The molecule has 0 amide bonds. The quantitative estimate of drug-likeness (QED) is 0.891. The number of aryl methyl sites for hydroxylation is 2. The van der Waals surface area contributed by atoms with Gasteiger partial charge in [-0.1, -0.05) is 6.07 Å². The Morgan fingerprint density at radius 1 is 1.20 bits per heavy atom. The van der Waals surface area contributed by atoms with Crippen LogP contribution >= 0.6 is 0 Å². The lowest BCUT2D eigenvalue weighted by molar-refractivity contribution is 0.167. The van der Waals surface area contributed by atoms with Crippen molar-refractivity contribution in [1.29, 1.82) is 0 Å². The van der Waals surface area contributed by atoms with E-state index in [-0.39, 0.29) is 0 Å². The Labute approximate surface area is 122 Å². The molecule has 1 aliphatic heterocycles. The highest BCUT2D eigenvalue weighted by Crippen LogP contribution is 2.26. The lowest BCUT2D eigenvalue weighted by Crippen LogP contribution is -2.44. The van der Waals surface area contributed by atoms with Crippen molar-refractivity contribution in [3.05, 3.63) is 29.3 Å². The summed E-state index contributed by atoms with van der Waals surface area (Å²) in [5.41, 5.74) is 3.02. The van der Waals surface area contributed by atoms with E-state index in [0.717, 1.165) is 31.8 Å². The van der Waals surface area contributed by atoms with Crippen LogP contribution in [0.25, 0.3) is 0 Å². The summed E-state index contributed by atoms with van der Waals surface area (Å²) in [7, 11) is 0. The van der Waals surface area contributed by atoms with Crippen molar-refractivity contribution in [1.82, 2.24) is 10.2 Å². The fourth-order valence-corrected chi connectivity index (χ4v) is 3.21. The minimum Gasteiger partial charge on any atom is -0.491 e. The molecule has 110 valence electrons. The van der Waals surface area contributed by atoms with Crippen molar-refractivity contribution in [2.75, 3.05) is 32.7 Å². The number of hydrogen-bond donors (Lipinski definition) is 1. The van der Waals surface area contributed by atoms with E-state index in [0.29, 0.717) is 6.10 Å². The Morgan fingerprint density at radius 2 is 2.00 bits per heavy atom. The molecular weight excluding hydrogens is 248 g/mol. The SMILES string of the molecule is CC(CCN1CCNCC1)Oc1ccc2c(c1)CCC2. The Balaban J connectivity index is 1.47. The summed E-state index contributed by atoms with van der Waals surface area (Å²) in [6.45, 7) is 7.93. The number of benzene rings is 1. The van der Waals surface area contributed by atoms with Crippen LogP contribution in [-0.2, 0) is 12.8 Å². The maximum atomic E-state index is 6.09. The minimum absolute atomic E-state index is 0.296. The Kier molecular flexibility index (Phi) is 4.58. The van der Waals surface area contributed by atoms with Crippen LogP contribution in [0, 0.1) is 0 Å². The molecule has 1 atom stereocenters. The summed E-state index contributed by atoms with van der Waals surface area (Å²) >= 11 is 0. The highest BCUT2D eigenvalue weighted by atomic mass is 16.5. The third-order valence-corrected chi connectivity index (χ3v) is 4.47. The number of nitrogens with zero attached hydrogens (tertiary/aromatic N) is 1. The van der Waals surface area contributed by atoms with Crippen molar-refractivity contribution in [3.8, 4) is 5.75 Å². The highest BCUT2D eigenvalue weighted by Gasteiger charge is 2.14. The molecule has 0 saturated carbocycles. The maximum absolute atomic E-state index is 6.09. The Hall–Kier alpha value is -1.06. The van der Waals surface area contributed by atoms with Gasteiger partial charge in [0, 0.05) is 32.7 Å². The molecule has 0 spiro atoms. The van der Waals surface area contributed by atoms with Crippen LogP contribution in [0.2, 0.25) is 0 Å². The Bertz CT molecular complexity index is 441. The van der Waals surface area contributed by atoms with Crippen molar-refractivity contribution in [2.24, 2.45) is 0 Å². The fraction of sp³-hybridized carbons (Fsp3) is 0.647. The van der Waals surface area contributed by atoms with E-state index in [2.05, 4.69) is 35.3 Å². The number of ether oxygens (including phenoxy) is 1. The van der Waals surface area contributed by atoms with Gasteiger partial charge in [-0.15, -0.1) is 0 Å². The second kappa shape index (κ2) is 6.59. The van der Waals surface area contributed by atoms with Gasteiger partial charge in [-0.2, -0.15) is 0 Å². The van der Waals surface area contributed by atoms with E-state index in [1.165, 1.54) is 43.5 Å². The molecule has 1 saturated heterocycles. The number of hydrogen-bond acceptors (Lipinski definition) is 3.